The monoisotopic (exact) mass is 717 g/mol. The van der Waals surface area contributed by atoms with Gasteiger partial charge in [0.25, 0.3) is 0 Å². The van der Waals surface area contributed by atoms with Gasteiger partial charge < -0.3 is 52.5 Å². The molecule has 0 saturated carbocycles. The Balaban J connectivity index is 0. The number of rotatable bonds is 25. The van der Waals surface area contributed by atoms with Gasteiger partial charge in [-0.05, 0) is 64.3 Å². The zero-order chi connectivity index (χ0) is 38.0. The van der Waals surface area contributed by atoms with Gasteiger partial charge in [-0.15, -0.1) is 0 Å². The minimum atomic E-state index is -5.08. The maximum absolute atomic E-state index is 12.0. The summed E-state index contributed by atoms with van der Waals surface area (Å²) in [4.78, 5) is 89.4. The first-order chi connectivity index (χ1) is 22.8. The summed E-state index contributed by atoms with van der Waals surface area (Å²) < 4.78 is 31.7. The minimum Gasteiger partial charge on any atom is -0.481 e. The van der Waals surface area contributed by atoms with Gasteiger partial charge in [0.1, 0.15) is 18.1 Å². The van der Waals surface area contributed by atoms with Gasteiger partial charge in [-0.3, -0.25) is 14.4 Å². The summed E-state index contributed by atoms with van der Waals surface area (Å²) in [5.74, 6) is -8.34. The van der Waals surface area contributed by atoms with Crippen molar-refractivity contribution in [2.45, 2.75) is 114 Å². The number of carbonyl (C=O) groups excluding carboxylic acids is 3. The van der Waals surface area contributed by atoms with Gasteiger partial charge in [-0.2, -0.15) is 13.2 Å². The maximum atomic E-state index is 12.0. The molecule has 0 aliphatic rings. The summed E-state index contributed by atoms with van der Waals surface area (Å²) in [5, 5.41) is 52.9. The third-order valence-corrected chi connectivity index (χ3v) is 6.48. The highest BCUT2D eigenvalue weighted by Crippen LogP contribution is 2.13. The van der Waals surface area contributed by atoms with E-state index in [1.54, 1.807) is 0 Å². The minimum absolute atomic E-state index is 0.0278. The standard InChI is InChI=1S/C26H45N5O11.C2HF3O2/c27-15-7-5-9-17(23(36)37)29-21(33)12-4-2-1-3-11-20(32)28-16-8-6-10-18(24(38)39)30-26(42)31-19(25(40)41)13-14-22(34)35;3-2(4,5)1(6)7/h17-19H,1-16,27H2,(H,28,32)(H,29,33)(H,34,35)(H,36,37)(H,38,39)(H,40,41)(H2,30,31,42);(H,6,7)/t17?,18-,19-;/m0./s1. The van der Waals surface area contributed by atoms with E-state index in [0.29, 0.717) is 70.9 Å². The first-order valence-corrected chi connectivity index (χ1v) is 15.3. The highest BCUT2D eigenvalue weighted by Gasteiger charge is 2.38. The molecule has 282 valence electrons. The van der Waals surface area contributed by atoms with E-state index in [1.165, 1.54) is 0 Å². The fraction of sp³-hybridized carbons (Fsp3) is 0.714. The number of alkyl halides is 3. The Labute approximate surface area is 279 Å². The number of carboxylic acid groups (broad SMARTS) is 5. The molecule has 49 heavy (non-hydrogen) atoms. The molecule has 0 spiro atoms. The van der Waals surface area contributed by atoms with Crippen molar-refractivity contribution in [1.82, 2.24) is 21.3 Å². The van der Waals surface area contributed by atoms with Crippen LogP contribution in [0.2, 0.25) is 0 Å². The van der Waals surface area contributed by atoms with E-state index in [0.717, 1.165) is 0 Å². The van der Waals surface area contributed by atoms with Crippen LogP contribution >= 0.6 is 0 Å². The Morgan fingerprint density at radius 1 is 0.551 bits per heavy atom. The average molecular weight is 718 g/mol. The first-order valence-electron chi connectivity index (χ1n) is 15.3. The van der Waals surface area contributed by atoms with Gasteiger partial charge in [-0.25, -0.2) is 24.0 Å². The molecule has 0 aromatic heterocycles. The van der Waals surface area contributed by atoms with E-state index in [9.17, 15) is 56.9 Å². The van der Waals surface area contributed by atoms with Crippen molar-refractivity contribution in [3.05, 3.63) is 0 Å². The topological polar surface area (TPSA) is 312 Å². The SMILES string of the molecule is NCCCCC(NC(=O)CCCCCCC(=O)NCCCC[C@H](NC(=O)N[C@@H](CCC(=O)O)C(=O)O)C(=O)O)C(=O)O.O=C(O)C(F)(F)F. The number of hydrogen-bond donors (Lipinski definition) is 10. The molecule has 0 aromatic carbocycles. The fourth-order valence-electron chi connectivity index (χ4n) is 3.87. The molecule has 0 bridgehead atoms. The number of carbonyl (C=O) groups is 8. The largest absolute Gasteiger partial charge is 0.490 e. The Bertz CT molecular complexity index is 1090. The third kappa shape index (κ3) is 27.0. The number of amides is 4. The van der Waals surface area contributed by atoms with Crippen LogP contribution in [-0.4, -0.2) is 111 Å². The summed E-state index contributed by atoms with van der Waals surface area (Å²) in [6.45, 7) is 0.758. The van der Waals surface area contributed by atoms with Crippen LogP contribution in [0.4, 0.5) is 18.0 Å². The molecule has 0 heterocycles. The second-order valence-corrected chi connectivity index (χ2v) is 10.6. The molecule has 18 nitrogen and oxygen atoms in total. The lowest BCUT2D eigenvalue weighted by Gasteiger charge is -2.18. The molecule has 21 heteroatoms. The molecule has 0 radical (unpaired) electrons. The molecule has 11 N–H and O–H groups in total. The van der Waals surface area contributed by atoms with Crippen LogP contribution < -0.4 is 27.0 Å². The normalized spacial score (nSPS) is 12.6. The molecular formula is C28H46F3N5O13. The number of urea groups is 1. The lowest BCUT2D eigenvalue weighted by atomic mass is 10.1. The van der Waals surface area contributed by atoms with Gasteiger partial charge in [0, 0.05) is 25.8 Å². The molecule has 0 aliphatic carbocycles. The predicted molar refractivity (Wildman–Crippen MR) is 162 cm³/mol. The highest BCUT2D eigenvalue weighted by molar-refractivity contribution is 5.86. The Hall–Kier alpha value is -4.69. The molecule has 0 rings (SSSR count). The Morgan fingerprint density at radius 3 is 1.41 bits per heavy atom. The van der Waals surface area contributed by atoms with Crippen LogP contribution in [0.1, 0.15) is 89.9 Å². The second kappa shape index (κ2) is 26.3. The smallest absolute Gasteiger partial charge is 0.481 e. The molecule has 0 aromatic rings. The van der Waals surface area contributed by atoms with Crippen molar-refractivity contribution >= 4 is 47.7 Å². The van der Waals surface area contributed by atoms with Crippen molar-refractivity contribution in [2.24, 2.45) is 5.73 Å². The van der Waals surface area contributed by atoms with E-state index in [1.807, 2.05) is 0 Å². The second-order valence-electron chi connectivity index (χ2n) is 10.6. The summed E-state index contributed by atoms with van der Waals surface area (Å²) in [6.07, 6.45) is -0.424. The van der Waals surface area contributed by atoms with Crippen molar-refractivity contribution in [1.29, 1.82) is 0 Å². The molecular weight excluding hydrogens is 671 g/mol. The lowest BCUT2D eigenvalue weighted by Crippen LogP contribution is -2.51. The van der Waals surface area contributed by atoms with Crippen LogP contribution in [0.15, 0.2) is 0 Å². The number of nitrogens with two attached hydrogens (primary N) is 1. The first kappa shape index (κ1) is 46.4. The number of aliphatic carboxylic acids is 5. The van der Waals surface area contributed by atoms with E-state index in [4.69, 9.17) is 25.8 Å². The van der Waals surface area contributed by atoms with Crippen LogP contribution in [0.25, 0.3) is 0 Å². The Morgan fingerprint density at radius 2 is 0.980 bits per heavy atom. The molecule has 3 atom stereocenters. The van der Waals surface area contributed by atoms with Gasteiger partial charge in [0.05, 0.1) is 0 Å². The van der Waals surface area contributed by atoms with E-state index in [2.05, 4.69) is 21.3 Å². The van der Waals surface area contributed by atoms with Gasteiger partial charge in [0.2, 0.25) is 11.8 Å². The third-order valence-electron chi connectivity index (χ3n) is 6.48. The van der Waals surface area contributed by atoms with E-state index >= 15 is 0 Å². The maximum Gasteiger partial charge on any atom is 0.490 e. The van der Waals surface area contributed by atoms with Crippen LogP contribution in [0.3, 0.4) is 0 Å². The lowest BCUT2D eigenvalue weighted by molar-refractivity contribution is -0.192. The van der Waals surface area contributed by atoms with Crippen LogP contribution in [-0.2, 0) is 33.6 Å². The van der Waals surface area contributed by atoms with Crippen molar-refractivity contribution in [3.8, 4) is 0 Å². The van der Waals surface area contributed by atoms with Gasteiger partial charge in [-0.1, -0.05) is 12.8 Å². The molecule has 4 amide bonds. The molecule has 0 fully saturated rings. The van der Waals surface area contributed by atoms with Crippen molar-refractivity contribution in [2.75, 3.05) is 13.1 Å². The van der Waals surface area contributed by atoms with E-state index < -0.39 is 66.6 Å². The zero-order valence-corrected chi connectivity index (χ0v) is 26.8. The summed E-state index contributed by atoms with van der Waals surface area (Å²) >= 11 is 0. The number of nitrogens with one attached hydrogen (secondary N) is 4. The Kier molecular flexibility index (Phi) is 24.9. The zero-order valence-electron chi connectivity index (χ0n) is 26.8. The van der Waals surface area contributed by atoms with Crippen molar-refractivity contribution < 1.29 is 77.1 Å². The number of hydrogen-bond acceptors (Lipinski definition) is 9. The van der Waals surface area contributed by atoms with E-state index in [-0.39, 0.29) is 37.5 Å². The van der Waals surface area contributed by atoms with Gasteiger partial charge >= 0.3 is 42.1 Å². The predicted octanol–water partition coefficient (Wildman–Crippen LogP) is 1.02. The molecule has 0 aliphatic heterocycles. The van der Waals surface area contributed by atoms with Gasteiger partial charge in [0.15, 0.2) is 0 Å². The molecule has 0 saturated heterocycles. The number of unbranched alkanes of at least 4 members (excludes halogenated alkanes) is 5. The summed E-state index contributed by atoms with van der Waals surface area (Å²) in [5.41, 5.74) is 5.40. The number of halogens is 3. The fourth-order valence-corrected chi connectivity index (χ4v) is 3.87. The summed E-state index contributed by atoms with van der Waals surface area (Å²) in [6, 6.07) is -4.76. The van der Waals surface area contributed by atoms with Crippen LogP contribution in [0.5, 0.6) is 0 Å². The highest BCUT2D eigenvalue weighted by atomic mass is 19.4. The average Bonchev–Trinajstić information content (AvgIpc) is 2.99. The quantitative estimate of drug-likeness (QED) is 0.0590. The van der Waals surface area contributed by atoms with Crippen LogP contribution in [0, 0.1) is 0 Å². The van der Waals surface area contributed by atoms with Crippen molar-refractivity contribution in [3.63, 3.8) is 0 Å². The summed E-state index contributed by atoms with van der Waals surface area (Å²) in [7, 11) is 0. The molecule has 1 unspecified atom stereocenters. The number of carboxylic acids is 5.